The number of benzene rings is 1. The number of hydrogen-bond donors (Lipinski definition) is 1. The first-order valence-corrected chi connectivity index (χ1v) is 6.12. The standard InChI is InChI=1S/C13H15F3N2O/c14-13(15,16)6-5-12(19)18-7-1-2-9-3-4-10(17)8-11(9)18/h3-4,8H,1-2,5-7,17H2. The molecular formula is C13H15F3N2O. The van der Waals surface area contributed by atoms with Gasteiger partial charge in [0.1, 0.15) is 0 Å². The van der Waals surface area contributed by atoms with Crippen molar-refractivity contribution in [2.75, 3.05) is 17.2 Å². The predicted octanol–water partition coefficient (Wildman–Crippen LogP) is 2.89. The lowest BCUT2D eigenvalue weighted by Gasteiger charge is -2.30. The Balaban J connectivity index is 2.14. The molecule has 0 saturated carbocycles. The van der Waals surface area contributed by atoms with Crippen LogP contribution in [0.15, 0.2) is 18.2 Å². The maximum atomic E-state index is 12.2. The van der Waals surface area contributed by atoms with Gasteiger partial charge in [0.15, 0.2) is 0 Å². The van der Waals surface area contributed by atoms with Gasteiger partial charge in [-0.1, -0.05) is 6.07 Å². The highest BCUT2D eigenvalue weighted by atomic mass is 19.4. The van der Waals surface area contributed by atoms with E-state index in [2.05, 4.69) is 0 Å². The normalized spacial score (nSPS) is 15.2. The molecule has 104 valence electrons. The molecular weight excluding hydrogens is 257 g/mol. The van der Waals surface area contributed by atoms with Crippen molar-refractivity contribution in [3.63, 3.8) is 0 Å². The van der Waals surface area contributed by atoms with Crippen LogP contribution in [0.3, 0.4) is 0 Å². The maximum Gasteiger partial charge on any atom is 0.389 e. The number of nitrogens with zero attached hydrogens (tertiary/aromatic N) is 1. The first-order chi connectivity index (χ1) is 8.87. The average molecular weight is 272 g/mol. The van der Waals surface area contributed by atoms with Crippen LogP contribution in [0.5, 0.6) is 0 Å². The molecule has 3 nitrogen and oxygen atoms in total. The molecule has 0 saturated heterocycles. The van der Waals surface area contributed by atoms with Crippen molar-refractivity contribution in [2.45, 2.75) is 31.9 Å². The van der Waals surface area contributed by atoms with Gasteiger partial charge in [-0.3, -0.25) is 4.79 Å². The summed E-state index contributed by atoms with van der Waals surface area (Å²) in [6, 6.07) is 5.22. The molecule has 1 aliphatic rings. The highest BCUT2D eigenvalue weighted by Gasteiger charge is 2.30. The Labute approximate surface area is 109 Å². The number of aryl methyl sites for hydroxylation is 1. The fourth-order valence-electron chi connectivity index (χ4n) is 2.23. The molecule has 0 radical (unpaired) electrons. The number of carbonyl (C=O) groups excluding carboxylic acids is 1. The molecule has 2 rings (SSSR count). The summed E-state index contributed by atoms with van der Waals surface area (Å²) in [5.41, 5.74) is 7.79. The Hall–Kier alpha value is -1.72. The van der Waals surface area contributed by atoms with Crippen molar-refractivity contribution < 1.29 is 18.0 Å². The van der Waals surface area contributed by atoms with Crippen LogP contribution in [0.25, 0.3) is 0 Å². The van der Waals surface area contributed by atoms with E-state index in [4.69, 9.17) is 5.73 Å². The van der Waals surface area contributed by atoms with E-state index < -0.39 is 24.9 Å². The van der Waals surface area contributed by atoms with Crippen molar-refractivity contribution in [1.29, 1.82) is 0 Å². The molecule has 19 heavy (non-hydrogen) atoms. The number of rotatable bonds is 2. The number of amides is 1. The molecule has 1 aliphatic heterocycles. The van der Waals surface area contributed by atoms with Crippen molar-refractivity contribution in [2.24, 2.45) is 0 Å². The Morgan fingerprint density at radius 2 is 2.11 bits per heavy atom. The minimum atomic E-state index is -4.30. The molecule has 0 aromatic heterocycles. The highest BCUT2D eigenvalue weighted by molar-refractivity contribution is 5.95. The number of nitrogens with two attached hydrogens (primary N) is 1. The third kappa shape index (κ3) is 3.39. The Kier molecular flexibility index (Phi) is 3.68. The summed E-state index contributed by atoms with van der Waals surface area (Å²) < 4.78 is 36.5. The summed E-state index contributed by atoms with van der Waals surface area (Å²) >= 11 is 0. The fourth-order valence-corrected chi connectivity index (χ4v) is 2.23. The smallest absolute Gasteiger partial charge is 0.389 e. The van der Waals surface area contributed by atoms with E-state index in [9.17, 15) is 18.0 Å². The molecule has 0 fully saturated rings. The van der Waals surface area contributed by atoms with Crippen LogP contribution in [0, 0.1) is 0 Å². The van der Waals surface area contributed by atoms with E-state index in [1.165, 1.54) is 4.90 Å². The number of hydrogen-bond acceptors (Lipinski definition) is 2. The molecule has 6 heteroatoms. The first-order valence-electron chi connectivity index (χ1n) is 6.12. The summed E-state index contributed by atoms with van der Waals surface area (Å²) in [5, 5.41) is 0. The number of anilines is 2. The SMILES string of the molecule is Nc1ccc2c(c1)N(C(=O)CCC(F)(F)F)CCC2. The zero-order valence-electron chi connectivity index (χ0n) is 10.3. The van der Waals surface area contributed by atoms with E-state index in [1.807, 2.05) is 6.07 Å². The summed E-state index contributed by atoms with van der Waals surface area (Å²) in [6.45, 7) is 0.452. The van der Waals surface area contributed by atoms with Crippen molar-refractivity contribution >= 4 is 17.3 Å². The van der Waals surface area contributed by atoms with Gasteiger partial charge in [-0.25, -0.2) is 0 Å². The molecule has 2 N–H and O–H groups in total. The molecule has 1 amide bonds. The molecule has 1 aromatic rings. The largest absolute Gasteiger partial charge is 0.399 e. The number of nitrogen functional groups attached to an aromatic ring is 1. The quantitative estimate of drug-likeness (QED) is 0.841. The van der Waals surface area contributed by atoms with Gasteiger partial charge in [0.2, 0.25) is 5.91 Å². The van der Waals surface area contributed by atoms with Gasteiger partial charge in [-0.15, -0.1) is 0 Å². The molecule has 0 bridgehead atoms. The van der Waals surface area contributed by atoms with Gasteiger partial charge in [0, 0.05) is 24.3 Å². The zero-order valence-corrected chi connectivity index (χ0v) is 10.3. The van der Waals surface area contributed by atoms with E-state index >= 15 is 0 Å². The van der Waals surface area contributed by atoms with Crippen LogP contribution in [0.2, 0.25) is 0 Å². The monoisotopic (exact) mass is 272 g/mol. The summed E-state index contributed by atoms with van der Waals surface area (Å²) in [4.78, 5) is 13.3. The van der Waals surface area contributed by atoms with Gasteiger partial charge in [0.05, 0.1) is 6.42 Å². The van der Waals surface area contributed by atoms with E-state index in [-0.39, 0.29) is 0 Å². The van der Waals surface area contributed by atoms with Crippen LogP contribution >= 0.6 is 0 Å². The Morgan fingerprint density at radius 1 is 1.37 bits per heavy atom. The number of fused-ring (bicyclic) bond motifs is 1. The molecule has 0 spiro atoms. The minimum absolute atomic E-state index is 0.452. The van der Waals surface area contributed by atoms with Crippen molar-refractivity contribution in [1.82, 2.24) is 0 Å². The highest BCUT2D eigenvalue weighted by Crippen LogP contribution is 2.30. The van der Waals surface area contributed by atoms with Crippen molar-refractivity contribution in [3.8, 4) is 0 Å². The topological polar surface area (TPSA) is 46.3 Å². The van der Waals surface area contributed by atoms with Gasteiger partial charge < -0.3 is 10.6 Å². The van der Waals surface area contributed by atoms with Gasteiger partial charge >= 0.3 is 6.18 Å². The molecule has 0 atom stereocenters. The lowest BCUT2D eigenvalue weighted by atomic mass is 10.0. The van der Waals surface area contributed by atoms with Crippen LogP contribution in [-0.4, -0.2) is 18.6 Å². The van der Waals surface area contributed by atoms with Crippen molar-refractivity contribution in [3.05, 3.63) is 23.8 Å². The molecule has 1 aromatic carbocycles. The van der Waals surface area contributed by atoms with E-state index in [0.717, 1.165) is 18.4 Å². The minimum Gasteiger partial charge on any atom is -0.399 e. The predicted molar refractivity (Wildman–Crippen MR) is 66.8 cm³/mol. The third-order valence-corrected chi connectivity index (χ3v) is 3.15. The second kappa shape index (κ2) is 5.11. The number of halogens is 3. The fraction of sp³-hybridized carbons (Fsp3) is 0.462. The van der Waals surface area contributed by atoms with Gasteiger partial charge in [-0.05, 0) is 30.5 Å². The molecule has 1 heterocycles. The van der Waals surface area contributed by atoms with E-state index in [0.29, 0.717) is 17.9 Å². The second-order valence-electron chi connectivity index (χ2n) is 4.65. The molecule has 0 aliphatic carbocycles. The summed E-state index contributed by atoms with van der Waals surface area (Å²) in [5.74, 6) is -0.496. The average Bonchev–Trinajstić information content (AvgIpc) is 2.34. The van der Waals surface area contributed by atoms with E-state index in [1.54, 1.807) is 12.1 Å². The Morgan fingerprint density at radius 3 is 2.79 bits per heavy atom. The maximum absolute atomic E-state index is 12.2. The zero-order chi connectivity index (χ0) is 14.0. The number of carbonyl (C=O) groups is 1. The second-order valence-corrected chi connectivity index (χ2v) is 4.65. The van der Waals surface area contributed by atoms with Crippen LogP contribution in [-0.2, 0) is 11.2 Å². The number of alkyl halides is 3. The molecule has 0 unspecified atom stereocenters. The summed E-state index contributed by atoms with van der Waals surface area (Å²) in [7, 11) is 0. The summed E-state index contributed by atoms with van der Waals surface area (Å²) in [6.07, 6.45) is -4.32. The van der Waals surface area contributed by atoms with Gasteiger partial charge in [-0.2, -0.15) is 13.2 Å². The van der Waals surface area contributed by atoms with Crippen LogP contribution in [0.4, 0.5) is 24.5 Å². The first kappa shape index (κ1) is 13.7. The lowest BCUT2D eigenvalue weighted by Crippen LogP contribution is -2.36. The third-order valence-electron chi connectivity index (χ3n) is 3.15. The van der Waals surface area contributed by atoms with Gasteiger partial charge in [0.25, 0.3) is 0 Å². The lowest BCUT2D eigenvalue weighted by molar-refractivity contribution is -0.143. The Bertz CT molecular complexity index is 485. The van der Waals surface area contributed by atoms with Crippen LogP contribution < -0.4 is 10.6 Å². The van der Waals surface area contributed by atoms with Crippen LogP contribution in [0.1, 0.15) is 24.8 Å².